The van der Waals surface area contributed by atoms with Gasteiger partial charge in [-0.25, -0.2) is 0 Å². The van der Waals surface area contributed by atoms with Gasteiger partial charge in [0.25, 0.3) is 0 Å². The van der Waals surface area contributed by atoms with Crippen molar-refractivity contribution < 1.29 is 18.8 Å². The van der Waals surface area contributed by atoms with E-state index in [4.69, 9.17) is 25.6 Å². The quantitative estimate of drug-likeness (QED) is 0.343. The van der Waals surface area contributed by atoms with Crippen molar-refractivity contribution in [3.63, 3.8) is 0 Å². The van der Waals surface area contributed by atoms with Crippen molar-refractivity contribution in [2.45, 2.75) is 101 Å². The molecule has 2 heterocycles. The third kappa shape index (κ3) is 2.27. The normalized spacial score (nSPS) is 38.8. The minimum atomic E-state index is -2.08. The Morgan fingerprint density at radius 2 is 1.71 bits per heavy atom. The second-order valence-electron chi connectivity index (χ2n) is 10.5. The van der Waals surface area contributed by atoms with Gasteiger partial charge >= 0.3 is 5.97 Å². The molecule has 1 spiro atoms. The van der Waals surface area contributed by atoms with Crippen LogP contribution in [-0.2, 0) is 18.8 Å². The number of halogens is 1. The van der Waals surface area contributed by atoms with Crippen LogP contribution in [-0.4, -0.2) is 50.2 Å². The van der Waals surface area contributed by atoms with Gasteiger partial charge in [0.1, 0.15) is 5.41 Å². The van der Waals surface area contributed by atoms with Crippen LogP contribution in [0.1, 0.15) is 67.2 Å². The molecule has 0 bridgehead atoms. The zero-order valence-electron chi connectivity index (χ0n) is 18.4. The number of hydrogen-bond acceptors (Lipinski definition) is 5. The van der Waals surface area contributed by atoms with Crippen LogP contribution >= 0.6 is 11.6 Å². The summed E-state index contributed by atoms with van der Waals surface area (Å²) in [6.45, 7) is 14.6. The molecular weight excluding hydrogens is 394 g/mol. The maximum Gasteiger partial charge on any atom is 0.318 e. The lowest BCUT2D eigenvalue weighted by atomic mass is 9.53. The average Bonchev–Trinajstić information content (AvgIpc) is 3.29. The fourth-order valence-electron chi connectivity index (χ4n) is 7.11. The highest BCUT2D eigenvalue weighted by atomic mass is 35.5. The van der Waals surface area contributed by atoms with Crippen molar-refractivity contribution in [3.8, 4) is 0 Å². The van der Waals surface area contributed by atoms with E-state index in [1.807, 2.05) is 5.06 Å². The first-order valence-electron chi connectivity index (χ1n) is 10.9. The zero-order valence-corrected chi connectivity index (χ0v) is 20.1. The number of nitrogens with zero attached hydrogens (tertiary/aromatic N) is 1. The smallest absolute Gasteiger partial charge is 0.318 e. The van der Waals surface area contributed by atoms with E-state index in [1.165, 1.54) is 7.11 Å². The Morgan fingerprint density at radius 1 is 1.14 bits per heavy atom. The number of hydrogen-bond donors (Lipinski definition) is 0. The first-order chi connectivity index (χ1) is 13.0. The van der Waals surface area contributed by atoms with Crippen LogP contribution in [0.3, 0.4) is 0 Å². The number of hydroxylamine groups is 2. The number of methoxy groups -OCH3 is 1. The molecular formula is C21H36ClNO4Si. The molecule has 2 aliphatic carbocycles. The van der Waals surface area contributed by atoms with Gasteiger partial charge in [-0.15, -0.1) is 0 Å². The molecule has 0 aromatic heterocycles. The summed E-state index contributed by atoms with van der Waals surface area (Å²) in [6, 6.07) is -0.146. The predicted molar refractivity (Wildman–Crippen MR) is 111 cm³/mol. The fourth-order valence-corrected chi connectivity index (χ4v) is 13.3. The van der Waals surface area contributed by atoms with E-state index in [-0.39, 0.29) is 23.5 Å². The SMILES string of the molecule is COC(=O)C12CC3(CC3)C1(Cl)ON1CC[C@H](O[Si](C(C)C)(C(C)C)C(C)C)[C@H]12. The second-order valence-corrected chi connectivity index (χ2v) is 16.4. The van der Waals surface area contributed by atoms with Crippen molar-refractivity contribution >= 4 is 25.9 Å². The molecule has 2 unspecified atom stereocenters. The first-order valence-corrected chi connectivity index (χ1v) is 13.4. The Morgan fingerprint density at radius 3 is 2.18 bits per heavy atom. The van der Waals surface area contributed by atoms with Crippen molar-refractivity contribution in [1.29, 1.82) is 0 Å². The summed E-state index contributed by atoms with van der Waals surface area (Å²) in [4.78, 5) is 19.5. The van der Waals surface area contributed by atoms with E-state index >= 15 is 0 Å². The third-order valence-corrected chi connectivity index (χ3v) is 15.3. The van der Waals surface area contributed by atoms with E-state index in [0.717, 1.165) is 32.2 Å². The van der Waals surface area contributed by atoms with E-state index in [1.54, 1.807) is 0 Å². The summed E-state index contributed by atoms with van der Waals surface area (Å²) in [5.74, 6) is -0.228. The first kappa shape index (κ1) is 21.1. The number of ether oxygens (including phenoxy) is 1. The minimum absolute atomic E-state index is 0.0327. The van der Waals surface area contributed by atoms with E-state index in [2.05, 4.69) is 41.5 Å². The van der Waals surface area contributed by atoms with Crippen molar-refractivity contribution in [2.75, 3.05) is 13.7 Å². The molecule has 4 aliphatic rings. The lowest BCUT2D eigenvalue weighted by Crippen LogP contribution is -2.69. The number of rotatable bonds is 6. The summed E-state index contributed by atoms with van der Waals surface area (Å²) in [5.41, 5.74) is 0.617. The van der Waals surface area contributed by atoms with Crippen LogP contribution in [0.2, 0.25) is 16.6 Å². The van der Waals surface area contributed by atoms with Gasteiger partial charge in [0, 0.05) is 12.0 Å². The summed E-state index contributed by atoms with van der Waals surface area (Å²) in [6.07, 6.45) is 3.67. The summed E-state index contributed by atoms with van der Waals surface area (Å²) < 4.78 is 12.5. The molecule has 5 nitrogen and oxygen atoms in total. The van der Waals surface area contributed by atoms with Gasteiger partial charge in [-0.3, -0.25) is 9.63 Å². The van der Waals surface area contributed by atoms with Gasteiger partial charge in [-0.2, -0.15) is 5.06 Å². The molecule has 0 amide bonds. The average molecular weight is 430 g/mol. The lowest BCUT2D eigenvalue weighted by molar-refractivity contribution is -0.230. The van der Waals surface area contributed by atoms with E-state index < -0.39 is 18.8 Å². The van der Waals surface area contributed by atoms with Crippen molar-refractivity contribution in [1.82, 2.24) is 5.06 Å². The number of carbonyl (C=O) groups excluding carboxylic acids is 1. The largest absolute Gasteiger partial charge is 0.468 e. The van der Waals surface area contributed by atoms with Gasteiger partial charge in [0.05, 0.1) is 19.3 Å². The highest BCUT2D eigenvalue weighted by Gasteiger charge is 2.90. The number of alkyl halides is 1. The minimum Gasteiger partial charge on any atom is -0.468 e. The van der Waals surface area contributed by atoms with Gasteiger partial charge in [-0.05, 0) is 42.3 Å². The van der Waals surface area contributed by atoms with Crippen molar-refractivity contribution in [3.05, 3.63) is 0 Å². The van der Waals surface area contributed by atoms with Crippen LogP contribution in [0.4, 0.5) is 0 Å². The fraction of sp³-hybridized carbons (Fsp3) is 0.952. The number of fused-ring (bicyclic) bond motifs is 4. The molecule has 160 valence electrons. The summed E-state index contributed by atoms with van der Waals surface area (Å²) >= 11 is 7.11. The third-order valence-electron chi connectivity index (χ3n) is 8.38. The van der Waals surface area contributed by atoms with Gasteiger partial charge in [-0.1, -0.05) is 53.1 Å². The molecule has 0 radical (unpaired) electrons. The Bertz CT molecular complexity index is 645. The van der Waals surface area contributed by atoms with Crippen LogP contribution in [0.15, 0.2) is 0 Å². The van der Waals surface area contributed by atoms with E-state index in [0.29, 0.717) is 16.6 Å². The Kier molecular flexibility index (Phi) is 4.84. The summed E-state index contributed by atoms with van der Waals surface area (Å²) in [7, 11) is -0.612. The lowest BCUT2D eigenvalue weighted by Gasteiger charge is -2.56. The standard InChI is InChI=1S/C21H36ClNO4Si/c1-13(2)28(14(3)4,15(5)6)26-16-8-11-23-17(16)20(18(24)25-7)12-19(9-10-19)21(20,22)27-23/h13-17H,8-12H2,1-7H3/t16-,17-,20?,21?/m0/s1. The van der Waals surface area contributed by atoms with Crippen LogP contribution < -0.4 is 0 Å². The molecule has 4 fully saturated rings. The molecule has 0 N–H and O–H groups in total. The topological polar surface area (TPSA) is 48.0 Å². The molecule has 2 aliphatic heterocycles. The maximum atomic E-state index is 13.1. The summed E-state index contributed by atoms with van der Waals surface area (Å²) in [5, 5.41) is 1.01. The number of esters is 1. The molecule has 28 heavy (non-hydrogen) atoms. The second kappa shape index (κ2) is 6.43. The van der Waals surface area contributed by atoms with E-state index in [9.17, 15) is 4.79 Å². The molecule has 7 heteroatoms. The molecule has 0 aromatic carbocycles. The maximum absolute atomic E-state index is 13.1. The molecule has 0 aromatic rings. The Balaban J connectivity index is 1.71. The predicted octanol–water partition coefficient (Wildman–Crippen LogP) is 4.85. The van der Waals surface area contributed by atoms with Gasteiger partial charge in [0.2, 0.25) is 8.32 Å². The molecule has 4 rings (SSSR count). The molecule has 2 saturated heterocycles. The van der Waals surface area contributed by atoms with Crippen molar-refractivity contribution in [2.24, 2.45) is 10.8 Å². The van der Waals surface area contributed by atoms with Gasteiger partial charge < -0.3 is 9.16 Å². The zero-order chi connectivity index (χ0) is 20.7. The molecule has 4 atom stereocenters. The van der Waals surface area contributed by atoms with Crippen LogP contribution in [0, 0.1) is 10.8 Å². The Labute approximate surface area is 175 Å². The highest BCUT2D eigenvalue weighted by molar-refractivity contribution is 6.77. The molecule has 2 saturated carbocycles. The van der Waals surface area contributed by atoms with Crippen LogP contribution in [0.5, 0.6) is 0 Å². The van der Waals surface area contributed by atoms with Gasteiger partial charge in [0.15, 0.2) is 5.06 Å². The van der Waals surface area contributed by atoms with Crippen LogP contribution in [0.25, 0.3) is 0 Å². The monoisotopic (exact) mass is 429 g/mol. The number of carbonyl (C=O) groups is 1. The Hall–Kier alpha value is -0.143. The highest BCUT2D eigenvalue weighted by Crippen LogP contribution is 2.82.